The van der Waals surface area contributed by atoms with Crippen LogP contribution in [-0.4, -0.2) is 73.3 Å². The molecule has 1 heterocycles. The van der Waals surface area contributed by atoms with E-state index in [0.29, 0.717) is 18.0 Å². The molecular formula is C31H50N4O7. The molecule has 0 aliphatic carbocycles. The molecule has 1 unspecified atom stereocenters. The van der Waals surface area contributed by atoms with Crippen molar-refractivity contribution in [2.24, 2.45) is 16.5 Å². The van der Waals surface area contributed by atoms with Crippen LogP contribution in [0.5, 0.6) is 5.75 Å². The number of rotatable bonds is 14. The highest BCUT2D eigenvalue weighted by atomic mass is 16.6. The van der Waals surface area contributed by atoms with Gasteiger partial charge in [-0.15, -0.1) is 0 Å². The molecule has 236 valence electrons. The maximum atomic E-state index is 13.7. The van der Waals surface area contributed by atoms with Gasteiger partial charge in [0.1, 0.15) is 18.5 Å². The number of ether oxygens (including phenoxy) is 2. The topological polar surface area (TPSA) is 139 Å². The van der Waals surface area contributed by atoms with E-state index >= 15 is 0 Å². The van der Waals surface area contributed by atoms with Crippen LogP contribution < -0.4 is 20.3 Å². The second-order valence-electron chi connectivity index (χ2n) is 12.7. The van der Waals surface area contributed by atoms with Gasteiger partial charge in [0.15, 0.2) is 6.10 Å². The minimum atomic E-state index is -1.04. The second-order valence-corrected chi connectivity index (χ2v) is 12.7. The Hall–Kier alpha value is -3.34. The zero-order chi connectivity index (χ0) is 31.5. The molecule has 0 bridgehead atoms. The van der Waals surface area contributed by atoms with E-state index in [0.717, 1.165) is 12.8 Å². The summed E-state index contributed by atoms with van der Waals surface area (Å²) >= 11 is 0. The van der Waals surface area contributed by atoms with Crippen molar-refractivity contribution >= 4 is 29.8 Å². The van der Waals surface area contributed by atoms with Crippen LogP contribution >= 0.6 is 0 Å². The summed E-state index contributed by atoms with van der Waals surface area (Å²) < 4.78 is 11.4. The van der Waals surface area contributed by atoms with Crippen LogP contribution in [0.2, 0.25) is 0 Å². The third-order valence-electron chi connectivity index (χ3n) is 6.87. The highest BCUT2D eigenvalue weighted by molar-refractivity contribution is 5.96. The first kappa shape index (κ1) is 34.9. The van der Waals surface area contributed by atoms with Crippen molar-refractivity contribution in [1.29, 1.82) is 0 Å². The fraction of sp³-hybridized carbons (Fsp3) is 0.677. The van der Waals surface area contributed by atoms with E-state index in [-0.39, 0.29) is 37.6 Å². The molecule has 3 amide bonds. The zero-order valence-corrected chi connectivity index (χ0v) is 26.4. The first-order valence-electron chi connectivity index (χ1n) is 14.7. The smallest absolute Gasteiger partial charge is 0.407 e. The van der Waals surface area contributed by atoms with Gasteiger partial charge in [0, 0.05) is 18.9 Å². The molecule has 0 aromatic heterocycles. The summed E-state index contributed by atoms with van der Waals surface area (Å²) in [7, 11) is 1.44. The molecule has 0 radical (unpaired) electrons. The number of oxime groups is 1. The van der Waals surface area contributed by atoms with Crippen molar-refractivity contribution in [3.05, 3.63) is 24.3 Å². The molecular weight excluding hydrogens is 540 g/mol. The number of unbranched alkanes of at least 4 members (excludes halogenated alkanes) is 1. The van der Waals surface area contributed by atoms with Crippen molar-refractivity contribution in [3.63, 3.8) is 0 Å². The predicted molar refractivity (Wildman–Crippen MR) is 163 cm³/mol. The zero-order valence-electron chi connectivity index (χ0n) is 26.4. The van der Waals surface area contributed by atoms with E-state index in [1.807, 2.05) is 39.0 Å². The number of benzene rings is 1. The standard InChI is InChI=1S/C31H50N4O7/c1-9-10-15-32-28(38)21(2)16-25(36)23(34-29(39)42-30(3,4)5)17-31(6,7)18-27(37)35-20-22(19-33-40-8)41-26-14-12-11-13-24(26)35/h11-14,19,21-23,25,36H,9-10,15-18,20H2,1-8H3,(H,32,38)(H,34,39)/t21-,22?,23+,25+/m1/s1. The van der Waals surface area contributed by atoms with Crippen molar-refractivity contribution in [2.45, 2.75) is 104 Å². The fourth-order valence-electron chi connectivity index (χ4n) is 4.81. The number of hydrogen-bond acceptors (Lipinski definition) is 8. The van der Waals surface area contributed by atoms with E-state index in [4.69, 9.17) is 14.3 Å². The molecule has 0 saturated heterocycles. The second kappa shape index (κ2) is 15.8. The lowest BCUT2D eigenvalue weighted by Crippen LogP contribution is -2.50. The van der Waals surface area contributed by atoms with Gasteiger partial charge in [-0.1, -0.05) is 51.4 Å². The van der Waals surface area contributed by atoms with Crippen LogP contribution in [0, 0.1) is 11.3 Å². The number of amides is 3. The lowest BCUT2D eigenvalue weighted by atomic mass is 9.79. The molecule has 1 aromatic carbocycles. The highest BCUT2D eigenvalue weighted by Gasteiger charge is 2.36. The van der Waals surface area contributed by atoms with Crippen LogP contribution in [0.1, 0.15) is 80.6 Å². The van der Waals surface area contributed by atoms with Crippen LogP contribution in [0.25, 0.3) is 0 Å². The SMILES string of the molecule is CCCCNC(=O)[C@H](C)C[C@H](O)[C@H](CC(C)(C)CC(=O)N1CC(C=NOC)Oc2ccccc21)NC(=O)OC(C)(C)C. The number of hydrogen-bond donors (Lipinski definition) is 3. The maximum Gasteiger partial charge on any atom is 0.407 e. The summed E-state index contributed by atoms with van der Waals surface area (Å²) in [6.07, 6.45) is 1.68. The number of carbonyl (C=O) groups is 3. The van der Waals surface area contributed by atoms with E-state index in [9.17, 15) is 19.5 Å². The Bertz CT molecular complexity index is 1070. The van der Waals surface area contributed by atoms with E-state index < -0.39 is 41.3 Å². The molecule has 2 rings (SSSR count). The van der Waals surface area contributed by atoms with Gasteiger partial charge in [0.05, 0.1) is 30.6 Å². The Balaban J connectivity index is 2.20. The Morgan fingerprint density at radius 2 is 1.90 bits per heavy atom. The first-order valence-corrected chi connectivity index (χ1v) is 14.7. The van der Waals surface area contributed by atoms with Crippen molar-refractivity contribution in [3.8, 4) is 5.75 Å². The molecule has 1 aliphatic rings. The summed E-state index contributed by atoms with van der Waals surface area (Å²) in [4.78, 5) is 45.5. The van der Waals surface area contributed by atoms with Gasteiger partial charge in [-0.2, -0.15) is 0 Å². The van der Waals surface area contributed by atoms with Crippen molar-refractivity contribution in [1.82, 2.24) is 10.6 Å². The predicted octanol–water partition coefficient (Wildman–Crippen LogP) is 4.42. The molecule has 0 spiro atoms. The third kappa shape index (κ3) is 11.5. The molecule has 42 heavy (non-hydrogen) atoms. The molecule has 4 atom stereocenters. The number of aliphatic hydroxyl groups is 1. The van der Waals surface area contributed by atoms with Gasteiger partial charge in [-0.05, 0) is 57.6 Å². The Morgan fingerprint density at radius 1 is 1.21 bits per heavy atom. The monoisotopic (exact) mass is 590 g/mol. The number of nitrogens with zero attached hydrogens (tertiary/aromatic N) is 2. The number of anilines is 1. The van der Waals surface area contributed by atoms with E-state index in [1.54, 1.807) is 38.7 Å². The van der Waals surface area contributed by atoms with Crippen LogP contribution in [0.4, 0.5) is 10.5 Å². The van der Waals surface area contributed by atoms with Gasteiger partial charge in [-0.25, -0.2) is 4.79 Å². The summed E-state index contributed by atoms with van der Waals surface area (Å²) in [6.45, 7) is 13.7. The van der Waals surface area contributed by atoms with Crippen LogP contribution in [0.15, 0.2) is 29.4 Å². The maximum absolute atomic E-state index is 13.7. The van der Waals surface area contributed by atoms with E-state index in [1.165, 1.54) is 13.3 Å². The third-order valence-corrected chi connectivity index (χ3v) is 6.87. The number of fused-ring (bicyclic) bond motifs is 1. The van der Waals surface area contributed by atoms with Crippen LogP contribution in [0.3, 0.4) is 0 Å². The van der Waals surface area contributed by atoms with Gasteiger partial charge in [0.2, 0.25) is 11.8 Å². The number of carbonyl (C=O) groups excluding carboxylic acids is 3. The molecule has 3 N–H and O–H groups in total. The quantitative estimate of drug-likeness (QED) is 0.166. The molecule has 11 heteroatoms. The Kier molecular flexibility index (Phi) is 13.1. The number of nitrogens with one attached hydrogen (secondary N) is 2. The highest BCUT2D eigenvalue weighted by Crippen LogP contribution is 2.36. The van der Waals surface area contributed by atoms with Crippen LogP contribution in [-0.2, 0) is 19.2 Å². The normalized spacial score (nSPS) is 17.5. The molecule has 1 aromatic rings. The van der Waals surface area contributed by atoms with Gasteiger partial charge in [-0.3, -0.25) is 9.59 Å². The number of para-hydroxylation sites is 2. The fourth-order valence-corrected chi connectivity index (χ4v) is 4.81. The van der Waals surface area contributed by atoms with Gasteiger partial charge < -0.3 is 35.0 Å². The van der Waals surface area contributed by atoms with E-state index in [2.05, 4.69) is 15.8 Å². The summed E-state index contributed by atoms with van der Waals surface area (Å²) in [5.74, 6) is -0.195. The number of aliphatic hydroxyl groups excluding tert-OH is 1. The first-order chi connectivity index (χ1) is 19.7. The summed E-state index contributed by atoms with van der Waals surface area (Å²) in [6, 6.07) is 6.54. The lowest BCUT2D eigenvalue weighted by molar-refractivity contribution is -0.125. The lowest BCUT2D eigenvalue weighted by Gasteiger charge is -2.37. The van der Waals surface area contributed by atoms with Gasteiger partial charge >= 0.3 is 6.09 Å². The molecule has 1 aliphatic heterocycles. The average Bonchev–Trinajstić information content (AvgIpc) is 2.89. The van der Waals surface area contributed by atoms with Crippen molar-refractivity contribution in [2.75, 3.05) is 25.1 Å². The summed E-state index contributed by atoms with van der Waals surface area (Å²) in [5, 5.41) is 20.8. The number of alkyl carbamates (subject to hydrolysis) is 1. The molecule has 11 nitrogen and oxygen atoms in total. The summed E-state index contributed by atoms with van der Waals surface area (Å²) in [5.41, 5.74) is -0.718. The van der Waals surface area contributed by atoms with Gasteiger partial charge in [0.25, 0.3) is 0 Å². The average molecular weight is 591 g/mol. The molecule has 0 fully saturated rings. The van der Waals surface area contributed by atoms with Crippen molar-refractivity contribution < 1.29 is 33.8 Å². The Morgan fingerprint density at radius 3 is 2.55 bits per heavy atom. The minimum Gasteiger partial charge on any atom is -0.481 e. The largest absolute Gasteiger partial charge is 0.481 e. The Labute approximate surface area is 250 Å². The minimum absolute atomic E-state index is 0.127. The molecule has 0 saturated carbocycles.